The first-order valence-corrected chi connectivity index (χ1v) is 11.2. The number of carbonyl (C=O) groups excluding carboxylic acids is 2. The van der Waals surface area contributed by atoms with Gasteiger partial charge in [0.2, 0.25) is 0 Å². The molecule has 2 aromatic heterocycles. The Bertz CT molecular complexity index is 988. The maximum atomic E-state index is 13.2. The van der Waals surface area contributed by atoms with Crippen LogP contribution in [-0.4, -0.2) is 11.8 Å². The second-order valence-corrected chi connectivity index (χ2v) is 9.07. The Morgan fingerprint density at radius 1 is 0.929 bits per heavy atom. The molecule has 0 unspecified atom stereocenters. The molecule has 0 saturated heterocycles. The molecule has 0 spiro atoms. The Morgan fingerprint density at radius 2 is 1.71 bits per heavy atom. The highest BCUT2D eigenvalue weighted by atomic mass is 32.1. The summed E-state index contributed by atoms with van der Waals surface area (Å²) in [6.45, 7) is 2.02. The van der Waals surface area contributed by atoms with Crippen LogP contribution in [0.4, 0.5) is 10.7 Å². The van der Waals surface area contributed by atoms with E-state index in [2.05, 4.69) is 10.6 Å². The van der Waals surface area contributed by atoms with Gasteiger partial charge in [-0.1, -0.05) is 30.2 Å². The van der Waals surface area contributed by atoms with Gasteiger partial charge in [0.15, 0.2) is 0 Å². The summed E-state index contributed by atoms with van der Waals surface area (Å²) in [6, 6.07) is 11.4. The number of thiophene rings is 2. The Balaban J connectivity index is 1.66. The van der Waals surface area contributed by atoms with Crippen molar-refractivity contribution in [2.24, 2.45) is 0 Å². The first kappa shape index (κ1) is 18.9. The molecule has 0 bridgehead atoms. The van der Waals surface area contributed by atoms with Crippen LogP contribution in [0.3, 0.4) is 0 Å². The zero-order valence-electron chi connectivity index (χ0n) is 15.7. The molecular formula is C22H22N2O2S2. The molecule has 1 aromatic carbocycles. The predicted octanol–water partition coefficient (Wildman–Crippen LogP) is 5.89. The summed E-state index contributed by atoms with van der Waals surface area (Å²) in [5.74, 6) is -0.305. The van der Waals surface area contributed by atoms with Gasteiger partial charge in [-0.05, 0) is 61.7 Å². The number of benzene rings is 1. The normalized spacial score (nSPS) is 13.5. The van der Waals surface area contributed by atoms with Crippen molar-refractivity contribution in [2.75, 3.05) is 10.6 Å². The lowest BCUT2D eigenvalue weighted by Gasteiger charge is -2.10. The fraction of sp³-hybridized carbons (Fsp3) is 0.273. The maximum Gasteiger partial charge on any atom is 0.266 e. The van der Waals surface area contributed by atoms with E-state index in [1.807, 2.05) is 42.6 Å². The van der Waals surface area contributed by atoms with E-state index in [9.17, 15) is 9.59 Å². The number of hydrogen-bond donors (Lipinski definition) is 2. The fourth-order valence-corrected chi connectivity index (χ4v) is 5.37. The molecule has 0 fully saturated rings. The molecule has 2 heterocycles. The van der Waals surface area contributed by atoms with E-state index in [1.165, 1.54) is 22.6 Å². The number of hydrogen-bond acceptors (Lipinski definition) is 4. The van der Waals surface area contributed by atoms with Crippen molar-refractivity contribution in [1.82, 2.24) is 0 Å². The number of amides is 2. The van der Waals surface area contributed by atoms with Crippen molar-refractivity contribution >= 4 is 45.2 Å². The average Bonchev–Trinajstić information content (AvgIpc) is 3.27. The lowest BCUT2D eigenvalue weighted by molar-refractivity contribution is 0.102. The van der Waals surface area contributed by atoms with Gasteiger partial charge in [0, 0.05) is 10.6 Å². The number of anilines is 2. The molecule has 0 atom stereocenters. The van der Waals surface area contributed by atoms with E-state index in [1.54, 1.807) is 17.4 Å². The standard InChI is InChI=1S/C22H22N2O2S2/c1-14-9-11-15(12-10-14)23-21(26)19-16-6-3-2-4-7-17(16)28-22(19)24-20(25)18-8-5-13-27-18/h5,8-13H,2-4,6-7H2,1H3,(H,23,26)(H,24,25). The van der Waals surface area contributed by atoms with E-state index < -0.39 is 0 Å². The summed E-state index contributed by atoms with van der Waals surface area (Å²) in [6.07, 6.45) is 5.24. The molecule has 0 radical (unpaired) electrons. The van der Waals surface area contributed by atoms with Gasteiger partial charge in [-0.25, -0.2) is 0 Å². The average molecular weight is 411 g/mol. The third-order valence-electron chi connectivity index (χ3n) is 4.93. The Kier molecular flexibility index (Phi) is 5.59. The minimum atomic E-state index is -0.157. The first-order valence-electron chi connectivity index (χ1n) is 9.49. The summed E-state index contributed by atoms with van der Waals surface area (Å²) in [4.78, 5) is 27.7. The number of rotatable bonds is 4. The van der Waals surface area contributed by atoms with E-state index in [-0.39, 0.29) is 11.8 Å². The van der Waals surface area contributed by atoms with Crippen LogP contribution in [0.25, 0.3) is 0 Å². The van der Waals surface area contributed by atoms with Crippen molar-refractivity contribution in [3.8, 4) is 0 Å². The number of aryl methyl sites for hydroxylation is 2. The fourth-order valence-electron chi connectivity index (χ4n) is 3.47. The molecule has 3 aromatic rings. The van der Waals surface area contributed by atoms with E-state index in [0.29, 0.717) is 15.4 Å². The summed E-state index contributed by atoms with van der Waals surface area (Å²) in [5, 5.41) is 8.55. The molecule has 1 aliphatic rings. The third-order valence-corrected chi connectivity index (χ3v) is 7.01. The molecule has 144 valence electrons. The van der Waals surface area contributed by atoms with Crippen LogP contribution in [0.15, 0.2) is 41.8 Å². The number of carbonyl (C=O) groups is 2. The SMILES string of the molecule is Cc1ccc(NC(=O)c2c(NC(=O)c3cccs3)sc3c2CCCCC3)cc1. The maximum absolute atomic E-state index is 13.2. The third kappa shape index (κ3) is 4.03. The molecule has 4 rings (SSSR count). The van der Waals surface area contributed by atoms with Crippen LogP contribution in [0, 0.1) is 6.92 Å². The van der Waals surface area contributed by atoms with Crippen LogP contribution >= 0.6 is 22.7 Å². The summed E-state index contributed by atoms with van der Waals surface area (Å²) < 4.78 is 0. The van der Waals surface area contributed by atoms with Crippen molar-refractivity contribution in [3.63, 3.8) is 0 Å². The molecule has 28 heavy (non-hydrogen) atoms. The van der Waals surface area contributed by atoms with Gasteiger partial charge in [0.1, 0.15) is 5.00 Å². The Labute approximate surface area is 172 Å². The van der Waals surface area contributed by atoms with Crippen LogP contribution in [0.2, 0.25) is 0 Å². The smallest absolute Gasteiger partial charge is 0.266 e. The van der Waals surface area contributed by atoms with Gasteiger partial charge in [-0.3, -0.25) is 9.59 Å². The van der Waals surface area contributed by atoms with Crippen molar-refractivity contribution in [2.45, 2.75) is 39.0 Å². The van der Waals surface area contributed by atoms with Gasteiger partial charge in [-0.15, -0.1) is 22.7 Å². The van der Waals surface area contributed by atoms with Crippen LogP contribution in [0.1, 0.15) is 55.3 Å². The molecule has 2 amide bonds. The van der Waals surface area contributed by atoms with Crippen molar-refractivity contribution in [1.29, 1.82) is 0 Å². The van der Waals surface area contributed by atoms with Gasteiger partial charge in [0.05, 0.1) is 10.4 Å². The first-order chi connectivity index (χ1) is 13.6. The van der Waals surface area contributed by atoms with E-state index in [4.69, 9.17) is 0 Å². The second kappa shape index (κ2) is 8.29. The largest absolute Gasteiger partial charge is 0.322 e. The number of nitrogens with one attached hydrogen (secondary N) is 2. The summed E-state index contributed by atoms with van der Waals surface area (Å²) in [5.41, 5.74) is 3.65. The highest BCUT2D eigenvalue weighted by Crippen LogP contribution is 2.38. The van der Waals surface area contributed by atoms with Gasteiger partial charge < -0.3 is 10.6 Å². The second-order valence-electron chi connectivity index (χ2n) is 7.02. The topological polar surface area (TPSA) is 58.2 Å². The molecule has 6 heteroatoms. The Morgan fingerprint density at radius 3 is 2.46 bits per heavy atom. The molecule has 4 nitrogen and oxygen atoms in total. The quantitative estimate of drug-likeness (QED) is 0.527. The van der Waals surface area contributed by atoms with Gasteiger partial charge in [0.25, 0.3) is 11.8 Å². The summed E-state index contributed by atoms with van der Waals surface area (Å²) in [7, 11) is 0. The molecule has 1 aliphatic carbocycles. The molecule has 0 saturated carbocycles. The zero-order chi connectivity index (χ0) is 19.5. The van der Waals surface area contributed by atoms with Crippen LogP contribution in [0.5, 0.6) is 0 Å². The van der Waals surface area contributed by atoms with Crippen molar-refractivity contribution < 1.29 is 9.59 Å². The predicted molar refractivity (Wildman–Crippen MR) is 117 cm³/mol. The van der Waals surface area contributed by atoms with Crippen LogP contribution in [-0.2, 0) is 12.8 Å². The van der Waals surface area contributed by atoms with Gasteiger partial charge in [-0.2, -0.15) is 0 Å². The summed E-state index contributed by atoms with van der Waals surface area (Å²) >= 11 is 2.95. The lowest BCUT2D eigenvalue weighted by atomic mass is 10.0. The monoisotopic (exact) mass is 410 g/mol. The molecular weight excluding hydrogens is 388 g/mol. The minimum absolute atomic E-state index is 0.148. The minimum Gasteiger partial charge on any atom is -0.322 e. The highest BCUT2D eigenvalue weighted by molar-refractivity contribution is 7.17. The van der Waals surface area contributed by atoms with Crippen molar-refractivity contribution in [3.05, 3.63) is 68.2 Å². The van der Waals surface area contributed by atoms with Crippen LogP contribution < -0.4 is 10.6 Å². The van der Waals surface area contributed by atoms with E-state index in [0.717, 1.165) is 42.5 Å². The molecule has 0 aliphatic heterocycles. The van der Waals surface area contributed by atoms with Gasteiger partial charge >= 0.3 is 0 Å². The zero-order valence-corrected chi connectivity index (χ0v) is 17.3. The number of fused-ring (bicyclic) bond motifs is 1. The molecule has 2 N–H and O–H groups in total. The lowest BCUT2D eigenvalue weighted by Crippen LogP contribution is -2.17. The van der Waals surface area contributed by atoms with E-state index >= 15 is 0 Å². The Hall–Kier alpha value is -2.44. The highest BCUT2D eigenvalue weighted by Gasteiger charge is 2.26.